The largest absolute Gasteiger partial charge is 0.353 e. The third kappa shape index (κ3) is 4.71. The highest BCUT2D eigenvalue weighted by Crippen LogP contribution is 2.41. The zero-order valence-corrected chi connectivity index (χ0v) is 25.8. The standard InChI is InChI=1S/C36H36N6O2/c1-35(2,3)23-11-21-17-39-33-34(38-10-9-37-33)40-18-22-12-24(36(4,5)6)16-26(32(22)44)28-14-20-8-7-19-13-27(25(15-23)31(21)43)41-29(19)30(20)42-28/h7-11,13-18,24,41-42H,12H2,1-6H3,(H,37,39)(H,38,40). The quantitative estimate of drug-likeness (QED) is 0.231. The molecule has 2 aliphatic carbocycles. The predicted molar refractivity (Wildman–Crippen MR) is 178 cm³/mol. The van der Waals surface area contributed by atoms with Crippen molar-refractivity contribution in [2.24, 2.45) is 26.7 Å². The lowest BCUT2D eigenvalue weighted by atomic mass is 9.72. The van der Waals surface area contributed by atoms with Gasteiger partial charge >= 0.3 is 0 Å². The summed E-state index contributed by atoms with van der Waals surface area (Å²) in [4.78, 5) is 44.2. The van der Waals surface area contributed by atoms with E-state index in [-0.39, 0.29) is 28.3 Å². The summed E-state index contributed by atoms with van der Waals surface area (Å²) in [5.41, 5.74) is 6.44. The Balaban J connectivity index is 1.49. The molecule has 1 aromatic carbocycles. The first-order valence-electron chi connectivity index (χ1n) is 15.0. The third-order valence-electron chi connectivity index (χ3n) is 8.85. The van der Waals surface area contributed by atoms with Gasteiger partial charge in [-0.2, -0.15) is 0 Å². The number of Topliss-reactive ketones (excluding diaryl/α,β-unsaturated/α-hetero) is 2. The number of carbonyl (C=O) groups is 2. The second-order valence-corrected chi connectivity index (χ2v) is 14.0. The zero-order chi connectivity index (χ0) is 31.0. The molecule has 1 unspecified atom stereocenters. The molecule has 0 amide bonds. The number of nitrogens with zero attached hydrogens (tertiary/aromatic N) is 2. The van der Waals surface area contributed by atoms with Gasteiger partial charge in [-0.15, -0.1) is 0 Å². The molecule has 2 aliphatic heterocycles. The lowest BCUT2D eigenvalue weighted by Gasteiger charge is -2.32. The van der Waals surface area contributed by atoms with Crippen LogP contribution >= 0.6 is 0 Å². The van der Waals surface area contributed by atoms with E-state index in [0.717, 1.165) is 38.8 Å². The molecule has 0 spiro atoms. The van der Waals surface area contributed by atoms with Gasteiger partial charge in [0.25, 0.3) is 0 Å². The monoisotopic (exact) mass is 584 g/mol. The molecule has 4 heterocycles. The van der Waals surface area contributed by atoms with Gasteiger partial charge in [-0.3, -0.25) is 9.59 Å². The summed E-state index contributed by atoms with van der Waals surface area (Å²) in [6.45, 7) is 13.0. The summed E-state index contributed by atoms with van der Waals surface area (Å²) >= 11 is 0. The number of benzene rings is 1. The number of H-pyrrole nitrogens is 2. The van der Waals surface area contributed by atoms with Crippen LogP contribution in [0.3, 0.4) is 0 Å². The first-order chi connectivity index (χ1) is 20.9. The van der Waals surface area contributed by atoms with E-state index < -0.39 is 0 Å². The Kier molecular flexibility index (Phi) is 6.18. The molecule has 8 bridgehead atoms. The van der Waals surface area contributed by atoms with Gasteiger partial charge in [0.15, 0.2) is 23.2 Å². The molecule has 0 radical (unpaired) electrons. The Hall–Kier alpha value is -4.98. The molecule has 8 heteroatoms. The predicted octanol–water partition coefficient (Wildman–Crippen LogP) is 6.85. The van der Waals surface area contributed by atoms with E-state index in [9.17, 15) is 9.59 Å². The number of ketones is 2. The van der Waals surface area contributed by atoms with E-state index in [2.05, 4.69) is 90.3 Å². The second-order valence-electron chi connectivity index (χ2n) is 14.0. The van der Waals surface area contributed by atoms with E-state index in [1.165, 1.54) is 0 Å². The molecule has 7 rings (SSSR count). The van der Waals surface area contributed by atoms with Crippen LogP contribution in [0.15, 0.2) is 94.0 Å². The maximum Gasteiger partial charge on any atom is 0.196 e. The average Bonchev–Trinajstić information content (AvgIpc) is 3.59. The van der Waals surface area contributed by atoms with Crippen molar-refractivity contribution in [3.8, 4) is 0 Å². The van der Waals surface area contributed by atoms with Crippen LogP contribution in [0.4, 0.5) is 0 Å². The average molecular weight is 585 g/mol. The van der Waals surface area contributed by atoms with Gasteiger partial charge < -0.3 is 20.6 Å². The van der Waals surface area contributed by atoms with Crippen LogP contribution in [0.2, 0.25) is 0 Å². The first kappa shape index (κ1) is 27.8. The van der Waals surface area contributed by atoms with E-state index in [0.29, 0.717) is 40.4 Å². The highest BCUT2D eigenvalue weighted by Gasteiger charge is 2.34. The number of aromatic amines is 2. The minimum absolute atomic E-state index is 0.0280. The lowest BCUT2D eigenvalue weighted by molar-refractivity contribution is -0.111. The van der Waals surface area contributed by atoms with Gasteiger partial charge in [0.05, 0.1) is 22.4 Å². The van der Waals surface area contributed by atoms with Crippen molar-refractivity contribution in [3.05, 3.63) is 95.4 Å². The molecule has 0 saturated carbocycles. The van der Waals surface area contributed by atoms with Crippen molar-refractivity contribution in [2.75, 3.05) is 0 Å². The van der Waals surface area contributed by atoms with Crippen molar-refractivity contribution < 1.29 is 9.59 Å². The number of hydrogen-bond acceptors (Lipinski definition) is 6. The van der Waals surface area contributed by atoms with E-state index >= 15 is 0 Å². The number of allylic oxidation sites excluding steroid dienone is 8. The van der Waals surface area contributed by atoms with Crippen LogP contribution in [-0.4, -0.2) is 33.2 Å². The Labute approximate surface area is 256 Å². The molecule has 44 heavy (non-hydrogen) atoms. The number of nitrogens with one attached hydrogen (secondary N) is 4. The van der Waals surface area contributed by atoms with Gasteiger partial charge in [-0.1, -0.05) is 59.8 Å². The molecule has 8 nitrogen and oxygen atoms in total. The van der Waals surface area contributed by atoms with E-state index in [1.54, 1.807) is 24.8 Å². The molecule has 0 fully saturated rings. The Morgan fingerprint density at radius 1 is 0.795 bits per heavy atom. The number of hydrogen-bond donors (Lipinski definition) is 4. The van der Waals surface area contributed by atoms with Crippen molar-refractivity contribution in [2.45, 2.75) is 48.0 Å². The van der Waals surface area contributed by atoms with Gasteiger partial charge in [-0.25, -0.2) is 9.98 Å². The molecule has 4 aliphatic rings. The van der Waals surface area contributed by atoms with E-state index in [4.69, 9.17) is 0 Å². The SMILES string of the molecule is CC(C)(C)C1=CC2=CN=C3NC=CN=C3NC=C3CC(C(C)(C)C)C=C(C3=O)c3cc4ccc5cc([nH]c5c4[nH]3)C(=C1)C2=O. The molecule has 0 saturated heterocycles. The maximum absolute atomic E-state index is 14.0. The summed E-state index contributed by atoms with van der Waals surface area (Å²) < 4.78 is 0. The molecule has 222 valence electrons. The molecular weight excluding hydrogens is 548 g/mol. The molecule has 3 aromatic rings. The van der Waals surface area contributed by atoms with Gasteiger partial charge in [0.1, 0.15) is 0 Å². The van der Waals surface area contributed by atoms with Crippen molar-refractivity contribution in [1.82, 2.24) is 20.6 Å². The molecular formula is C36H36N6O2. The summed E-state index contributed by atoms with van der Waals surface area (Å²) in [7, 11) is 0. The lowest BCUT2D eigenvalue weighted by Crippen LogP contribution is -2.38. The maximum atomic E-state index is 14.0. The molecule has 2 aromatic heterocycles. The van der Waals surface area contributed by atoms with Crippen molar-refractivity contribution in [3.63, 3.8) is 0 Å². The fraction of sp³-hybridized carbons (Fsp3) is 0.278. The normalized spacial score (nSPS) is 20.6. The van der Waals surface area contributed by atoms with Crippen LogP contribution in [-0.2, 0) is 9.59 Å². The Morgan fingerprint density at radius 3 is 2.11 bits per heavy atom. The molecule has 1 atom stereocenters. The smallest absolute Gasteiger partial charge is 0.196 e. The number of carbonyl (C=O) groups excluding carboxylic acids is 2. The second kappa shape index (κ2) is 9.77. The third-order valence-corrected chi connectivity index (χ3v) is 8.85. The summed E-state index contributed by atoms with van der Waals surface area (Å²) in [5.74, 6) is 0.900. The Morgan fingerprint density at radius 2 is 1.45 bits per heavy atom. The minimum Gasteiger partial charge on any atom is -0.353 e. The highest BCUT2D eigenvalue weighted by atomic mass is 16.1. The summed E-state index contributed by atoms with van der Waals surface area (Å²) in [6, 6.07) is 8.17. The van der Waals surface area contributed by atoms with Crippen LogP contribution in [0, 0.1) is 16.7 Å². The minimum atomic E-state index is -0.196. The number of fused-ring (bicyclic) bond motifs is 9. The van der Waals surface area contributed by atoms with Crippen LogP contribution in [0.25, 0.3) is 33.0 Å². The first-order valence-corrected chi connectivity index (χ1v) is 15.0. The number of rotatable bonds is 0. The topological polar surface area (TPSA) is 114 Å². The fourth-order valence-electron chi connectivity index (χ4n) is 6.05. The summed E-state index contributed by atoms with van der Waals surface area (Å²) in [6.07, 6.45) is 13.3. The van der Waals surface area contributed by atoms with Crippen LogP contribution < -0.4 is 10.6 Å². The Bertz CT molecular complexity index is 2040. The van der Waals surface area contributed by atoms with Gasteiger partial charge in [-0.05, 0) is 53.0 Å². The molecule has 4 N–H and O–H groups in total. The van der Waals surface area contributed by atoms with Gasteiger partial charge in [0, 0.05) is 57.9 Å². The van der Waals surface area contributed by atoms with Crippen LogP contribution in [0.1, 0.15) is 59.4 Å². The van der Waals surface area contributed by atoms with Crippen LogP contribution in [0.5, 0.6) is 0 Å². The van der Waals surface area contributed by atoms with E-state index in [1.807, 2.05) is 24.3 Å². The van der Waals surface area contributed by atoms with Crippen molar-refractivity contribution >= 4 is 56.2 Å². The zero-order valence-electron chi connectivity index (χ0n) is 25.8. The highest BCUT2D eigenvalue weighted by molar-refractivity contribution is 6.42. The van der Waals surface area contributed by atoms with Gasteiger partial charge in [0.2, 0.25) is 0 Å². The van der Waals surface area contributed by atoms with Crippen molar-refractivity contribution in [1.29, 1.82) is 0 Å². The summed E-state index contributed by atoms with van der Waals surface area (Å²) in [5, 5.41) is 8.34. The number of amidine groups is 2. The number of aliphatic imine (C=N–C) groups is 2. The number of aromatic nitrogens is 2. The fourth-order valence-corrected chi connectivity index (χ4v) is 6.05.